The molecule has 0 saturated carbocycles. The van der Waals surface area contributed by atoms with E-state index in [2.05, 4.69) is 0 Å². The third-order valence-electron chi connectivity index (χ3n) is 4.95. The highest BCUT2D eigenvalue weighted by atomic mass is 19.1. The van der Waals surface area contributed by atoms with Gasteiger partial charge in [-0.05, 0) is 31.0 Å². The summed E-state index contributed by atoms with van der Waals surface area (Å²) in [5, 5.41) is 20.8. The average molecular weight is 430 g/mol. The number of anilines is 2. The van der Waals surface area contributed by atoms with Crippen molar-refractivity contribution in [3.05, 3.63) is 68.5 Å². The smallest absolute Gasteiger partial charge is 0.272 e. The summed E-state index contributed by atoms with van der Waals surface area (Å²) < 4.78 is 13.5. The summed E-state index contributed by atoms with van der Waals surface area (Å²) in [6.45, 7) is 1.17. The van der Waals surface area contributed by atoms with Gasteiger partial charge in [-0.15, -0.1) is 0 Å². The maximum Gasteiger partial charge on any atom is 0.272 e. The van der Waals surface area contributed by atoms with Crippen molar-refractivity contribution in [2.24, 2.45) is 0 Å². The second-order valence-electron chi connectivity index (χ2n) is 6.96. The fraction of sp³-hybridized carbons (Fsp3) is 0.300. The Balaban J connectivity index is 0.000000176. The minimum Gasteiger partial charge on any atom is -0.312 e. The van der Waals surface area contributed by atoms with Gasteiger partial charge in [-0.1, -0.05) is 0 Å². The number of hydrogen-bond acceptors (Lipinski definition) is 6. The Hall–Kier alpha value is -3.89. The van der Waals surface area contributed by atoms with Crippen LogP contribution in [0.2, 0.25) is 0 Å². The monoisotopic (exact) mass is 430 g/mol. The fourth-order valence-electron chi connectivity index (χ4n) is 3.41. The van der Waals surface area contributed by atoms with E-state index >= 15 is 0 Å². The first kappa shape index (κ1) is 21.8. The van der Waals surface area contributed by atoms with Gasteiger partial charge in [0.05, 0.1) is 21.6 Å². The molecular formula is C20H19FN4O6. The zero-order valence-electron chi connectivity index (χ0n) is 16.4. The van der Waals surface area contributed by atoms with Crippen LogP contribution in [0.1, 0.15) is 25.7 Å². The zero-order chi connectivity index (χ0) is 22.5. The molecule has 2 aliphatic heterocycles. The molecular weight excluding hydrogens is 411 g/mol. The van der Waals surface area contributed by atoms with Crippen LogP contribution in [0.15, 0.2) is 42.5 Å². The number of rotatable bonds is 4. The molecule has 0 N–H and O–H groups in total. The molecule has 0 aliphatic carbocycles. The van der Waals surface area contributed by atoms with Gasteiger partial charge in [0.15, 0.2) is 5.82 Å². The van der Waals surface area contributed by atoms with Crippen molar-refractivity contribution in [1.29, 1.82) is 0 Å². The van der Waals surface area contributed by atoms with Gasteiger partial charge < -0.3 is 9.80 Å². The van der Waals surface area contributed by atoms with E-state index in [4.69, 9.17) is 0 Å². The van der Waals surface area contributed by atoms with Gasteiger partial charge in [-0.2, -0.15) is 0 Å². The summed E-state index contributed by atoms with van der Waals surface area (Å²) in [4.78, 5) is 45.4. The average Bonchev–Trinajstić information content (AvgIpc) is 3.36. The van der Waals surface area contributed by atoms with Crippen molar-refractivity contribution >= 4 is 34.6 Å². The van der Waals surface area contributed by atoms with Crippen LogP contribution in [0.5, 0.6) is 0 Å². The van der Waals surface area contributed by atoms with E-state index in [1.165, 1.54) is 29.2 Å². The summed E-state index contributed by atoms with van der Waals surface area (Å²) in [5.74, 6) is -0.791. The molecule has 0 radical (unpaired) electrons. The van der Waals surface area contributed by atoms with E-state index < -0.39 is 15.7 Å². The molecule has 0 aromatic heterocycles. The maximum absolute atomic E-state index is 13.5. The van der Waals surface area contributed by atoms with Crippen LogP contribution in [0.3, 0.4) is 0 Å². The number of nitro benzene ring substituents is 2. The minimum absolute atomic E-state index is 0.0467. The number of halogens is 1. The van der Waals surface area contributed by atoms with Crippen molar-refractivity contribution in [3.8, 4) is 0 Å². The number of amides is 2. The quantitative estimate of drug-likeness (QED) is 0.539. The molecule has 2 aromatic carbocycles. The molecule has 0 atom stereocenters. The Labute approximate surface area is 176 Å². The van der Waals surface area contributed by atoms with Gasteiger partial charge in [0.25, 0.3) is 11.4 Å². The van der Waals surface area contributed by atoms with Crippen LogP contribution in [0, 0.1) is 26.0 Å². The van der Waals surface area contributed by atoms with E-state index in [9.17, 15) is 34.2 Å². The molecule has 2 aliphatic rings. The number of nitro groups is 2. The normalized spacial score (nSPS) is 15.6. The fourth-order valence-corrected chi connectivity index (χ4v) is 3.41. The van der Waals surface area contributed by atoms with E-state index in [0.29, 0.717) is 32.4 Å². The first-order valence-corrected chi connectivity index (χ1v) is 9.57. The van der Waals surface area contributed by atoms with Crippen molar-refractivity contribution in [2.45, 2.75) is 25.7 Å². The molecule has 2 heterocycles. The van der Waals surface area contributed by atoms with Gasteiger partial charge in [-0.25, -0.2) is 4.39 Å². The summed E-state index contributed by atoms with van der Waals surface area (Å²) in [7, 11) is 0. The maximum atomic E-state index is 13.5. The first-order chi connectivity index (χ1) is 14.8. The molecule has 11 heteroatoms. The van der Waals surface area contributed by atoms with Crippen LogP contribution in [0.25, 0.3) is 0 Å². The van der Waals surface area contributed by atoms with Gasteiger partial charge in [0, 0.05) is 49.8 Å². The van der Waals surface area contributed by atoms with Gasteiger partial charge >= 0.3 is 0 Å². The first-order valence-electron chi connectivity index (χ1n) is 9.57. The van der Waals surface area contributed by atoms with E-state index in [1.807, 2.05) is 0 Å². The van der Waals surface area contributed by atoms with Crippen LogP contribution < -0.4 is 9.80 Å². The molecule has 2 aromatic rings. The number of nitrogens with zero attached hydrogens (tertiary/aromatic N) is 4. The van der Waals surface area contributed by atoms with Crippen molar-refractivity contribution in [2.75, 3.05) is 22.9 Å². The van der Waals surface area contributed by atoms with Gasteiger partial charge in [0.2, 0.25) is 11.8 Å². The number of benzene rings is 2. The number of carbonyl (C=O) groups excluding carboxylic acids is 2. The molecule has 4 rings (SSSR count). The second-order valence-corrected chi connectivity index (χ2v) is 6.96. The van der Waals surface area contributed by atoms with Crippen LogP contribution in [-0.2, 0) is 9.59 Å². The van der Waals surface area contributed by atoms with E-state index in [-0.39, 0.29) is 28.9 Å². The molecule has 2 saturated heterocycles. The highest BCUT2D eigenvalue weighted by Gasteiger charge is 2.25. The SMILES string of the molecule is O=C1CCCN1c1ccc([N+](=O)[O-])cc1.O=C1CCCN1c1ccc([N+](=O)[O-])cc1F. The Morgan fingerprint density at radius 3 is 1.74 bits per heavy atom. The van der Waals surface area contributed by atoms with E-state index in [1.54, 1.807) is 17.0 Å². The third-order valence-corrected chi connectivity index (χ3v) is 4.95. The zero-order valence-corrected chi connectivity index (χ0v) is 16.4. The lowest BCUT2D eigenvalue weighted by Gasteiger charge is -2.15. The summed E-state index contributed by atoms with van der Waals surface area (Å²) >= 11 is 0. The predicted octanol–water partition coefficient (Wildman–Crippen LogP) is 3.58. The Morgan fingerprint density at radius 2 is 1.29 bits per heavy atom. The molecule has 162 valence electrons. The Morgan fingerprint density at radius 1 is 0.774 bits per heavy atom. The van der Waals surface area contributed by atoms with Gasteiger partial charge in [0.1, 0.15) is 0 Å². The number of non-ortho nitro benzene ring substituents is 2. The molecule has 10 nitrogen and oxygen atoms in total. The third kappa shape index (κ3) is 5.00. The lowest BCUT2D eigenvalue weighted by Crippen LogP contribution is -2.24. The van der Waals surface area contributed by atoms with Gasteiger partial charge in [-0.3, -0.25) is 29.8 Å². The topological polar surface area (TPSA) is 127 Å². The number of hydrogen-bond donors (Lipinski definition) is 0. The lowest BCUT2D eigenvalue weighted by atomic mass is 10.2. The number of carbonyl (C=O) groups is 2. The summed E-state index contributed by atoms with van der Waals surface area (Å²) in [6, 6.07) is 9.37. The molecule has 0 unspecified atom stereocenters. The highest BCUT2D eigenvalue weighted by Crippen LogP contribution is 2.27. The lowest BCUT2D eigenvalue weighted by molar-refractivity contribution is -0.385. The summed E-state index contributed by atoms with van der Waals surface area (Å²) in [6.07, 6.45) is 2.51. The van der Waals surface area contributed by atoms with Crippen molar-refractivity contribution < 1.29 is 23.8 Å². The molecule has 0 bridgehead atoms. The van der Waals surface area contributed by atoms with E-state index in [0.717, 1.165) is 18.2 Å². The Bertz CT molecular complexity index is 1030. The largest absolute Gasteiger partial charge is 0.312 e. The van der Waals surface area contributed by atoms with Crippen molar-refractivity contribution in [3.63, 3.8) is 0 Å². The Kier molecular flexibility index (Phi) is 6.53. The highest BCUT2D eigenvalue weighted by molar-refractivity contribution is 5.96. The summed E-state index contributed by atoms with van der Waals surface area (Å²) in [5.41, 5.74) is 0.592. The molecule has 2 amide bonds. The van der Waals surface area contributed by atoms with Crippen LogP contribution in [0.4, 0.5) is 27.1 Å². The molecule has 31 heavy (non-hydrogen) atoms. The molecule has 0 spiro atoms. The molecule has 2 fully saturated rings. The minimum atomic E-state index is -0.732. The standard InChI is InChI=1S/C10H9FN2O3.C10H10N2O3/c11-8-6-7(13(15)16)3-4-9(8)12-5-1-2-10(12)14;13-10-2-1-7-11(10)8-3-5-9(6-4-8)12(14)15/h3-4,6H,1-2,5H2;3-6H,1-2,7H2. The van der Waals surface area contributed by atoms with Crippen molar-refractivity contribution in [1.82, 2.24) is 0 Å². The predicted molar refractivity (Wildman–Crippen MR) is 109 cm³/mol. The van der Waals surface area contributed by atoms with Crippen LogP contribution in [-0.4, -0.2) is 34.8 Å². The second kappa shape index (κ2) is 9.28. The van der Waals surface area contributed by atoms with Crippen LogP contribution >= 0.6 is 0 Å².